The summed E-state index contributed by atoms with van der Waals surface area (Å²) in [4.78, 5) is 10.9. The van der Waals surface area contributed by atoms with E-state index >= 15 is 0 Å². The molecule has 0 atom stereocenters. The third kappa shape index (κ3) is 2.41. The summed E-state index contributed by atoms with van der Waals surface area (Å²) < 4.78 is 24.1. The van der Waals surface area contributed by atoms with E-state index in [9.17, 15) is 13.2 Å². The molecular weight excluding hydrogens is 270 g/mol. The first-order valence-corrected chi connectivity index (χ1v) is 6.62. The number of rotatable bonds is 3. The quantitative estimate of drug-likeness (QED) is 0.673. The summed E-state index contributed by atoms with van der Waals surface area (Å²) in [6.07, 6.45) is 1.30. The molecule has 0 spiro atoms. The standard InChI is InChI=1S/C10H11N5O3S/c11-6-5-15(14-9(6)10(12)16)7-3-1-2-4-8(7)19(13,17)18/h1-5H,11H2,(H2,12,16)(H2,13,17,18). The highest BCUT2D eigenvalue weighted by Crippen LogP contribution is 2.20. The summed E-state index contributed by atoms with van der Waals surface area (Å²) in [7, 11) is -3.92. The molecule has 6 N–H and O–H groups in total. The molecule has 0 radical (unpaired) electrons. The molecule has 2 aromatic rings. The number of nitrogens with two attached hydrogens (primary N) is 3. The molecule has 0 aliphatic rings. The van der Waals surface area contributed by atoms with Crippen molar-refractivity contribution in [2.75, 3.05) is 5.73 Å². The molecular formula is C10H11N5O3S. The number of nitrogens with zero attached hydrogens (tertiary/aromatic N) is 2. The second kappa shape index (κ2) is 4.37. The van der Waals surface area contributed by atoms with Gasteiger partial charge in [0.1, 0.15) is 4.90 Å². The molecule has 0 aliphatic heterocycles. The first-order chi connectivity index (χ1) is 8.80. The monoisotopic (exact) mass is 281 g/mol. The van der Waals surface area contributed by atoms with Gasteiger partial charge in [-0.15, -0.1) is 0 Å². The molecule has 0 saturated heterocycles. The Morgan fingerprint density at radius 3 is 2.42 bits per heavy atom. The Morgan fingerprint density at radius 2 is 1.89 bits per heavy atom. The molecule has 9 heteroatoms. The Labute approximate surface area is 108 Å². The van der Waals surface area contributed by atoms with Gasteiger partial charge in [-0.3, -0.25) is 4.79 Å². The van der Waals surface area contributed by atoms with Crippen molar-refractivity contribution in [3.63, 3.8) is 0 Å². The van der Waals surface area contributed by atoms with E-state index in [0.717, 1.165) is 4.68 Å². The van der Waals surface area contributed by atoms with Crippen LogP contribution in [0, 0.1) is 0 Å². The van der Waals surface area contributed by atoms with Crippen LogP contribution in [-0.4, -0.2) is 24.1 Å². The van der Waals surface area contributed by atoms with Crippen LogP contribution in [0.5, 0.6) is 0 Å². The van der Waals surface area contributed by atoms with E-state index in [-0.39, 0.29) is 22.0 Å². The van der Waals surface area contributed by atoms with Gasteiger partial charge in [0.15, 0.2) is 5.69 Å². The third-order valence-corrected chi connectivity index (χ3v) is 3.35. The molecule has 1 amide bonds. The number of carbonyl (C=O) groups is 1. The lowest BCUT2D eigenvalue weighted by Gasteiger charge is -2.06. The number of hydrogen-bond donors (Lipinski definition) is 3. The second-order valence-corrected chi connectivity index (χ2v) is 5.28. The van der Waals surface area contributed by atoms with Crippen LogP contribution in [0.2, 0.25) is 0 Å². The molecule has 0 unspecified atom stereocenters. The molecule has 19 heavy (non-hydrogen) atoms. The van der Waals surface area contributed by atoms with Crippen LogP contribution < -0.4 is 16.6 Å². The molecule has 100 valence electrons. The second-order valence-electron chi connectivity index (χ2n) is 3.75. The number of benzene rings is 1. The fraction of sp³-hybridized carbons (Fsp3) is 0. The predicted octanol–water partition coefficient (Wildman–Crippen LogP) is -0.799. The fourth-order valence-electron chi connectivity index (χ4n) is 1.59. The number of sulfonamides is 1. The summed E-state index contributed by atoms with van der Waals surface area (Å²) in [5, 5.41) is 8.96. The van der Waals surface area contributed by atoms with E-state index in [1.807, 2.05) is 0 Å². The molecule has 2 rings (SSSR count). The Kier molecular flexibility index (Phi) is 3.00. The predicted molar refractivity (Wildman–Crippen MR) is 67.9 cm³/mol. The van der Waals surface area contributed by atoms with Gasteiger partial charge in [-0.1, -0.05) is 12.1 Å². The number of carbonyl (C=O) groups excluding carboxylic acids is 1. The average molecular weight is 281 g/mol. The van der Waals surface area contributed by atoms with Gasteiger partial charge in [0.05, 0.1) is 17.6 Å². The Bertz CT molecular complexity index is 750. The molecule has 8 nitrogen and oxygen atoms in total. The van der Waals surface area contributed by atoms with Crippen LogP contribution >= 0.6 is 0 Å². The number of nitrogen functional groups attached to an aromatic ring is 1. The van der Waals surface area contributed by atoms with Crippen molar-refractivity contribution in [1.29, 1.82) is 0 Å². The number of anilines is 1. The lowest BCUT2D eigenvalue weighted by Crippen LogP contribution is -2.16. The minimum Gasteiger partial charge on any atom is -0.396 e. The molecule has 1 aromatic carbocycles. The number of para-hydroxylation sites is 1. The molecule has 0 saturated carbocycles. The largest absolute Gasteiger partial charge is 0.396 e. The van der Waals surface area contributed by atoms with Gasteiger partial charge < -0.3 is 11.5 Å². The lowest BCUT2D eigenvalue weighted by atomic mass is 10.3. The topological polar surface area (TPSA) is 147 Å². The summed E-state index contributed by atoms with van der Waals surface area (Å²) in [6.45, 7) is 0. The van der Waals surface area contributed by atoms with Crippen LogP contribution in [0.1, 0.15) is 10.5 Å². The molecule has 0 bridgehead atoms. The van der Waals surface area contributed by atoms with E-state index < -0.39 is 15.9 Å². The zero-order chi connectivity index (χ0) is 14.2. The summed E-state index contributed by atoms with van der Waals surface area (Å²) in [5.41, 5.74) is 10.8. The van der Waals surface area contributed by atoms with Gasteiger partial charge in [-0.05, 0) is 12.1 Å². The third-order valence-electron chi connectivity index (χ3n) is 2.39. The van der Waals surface area contributed by atoms with Crippen molar-refractivity contribution < 1.29 is 13.2 Å². The highest BCUT2D eigenvalue weighted by atomic mass is 32.2. The SMILES string of the molecule is NC(=O)c1nn(-c2ccccc2S(N)(=O)=O)cc1N. The Morgan fingerprint density at radius 1 is 1.26 bits per heavy atom. The van der Waals surface area contributed by atoms with Gasteiger partial charge in [0, 0.05) is 0 Å². The lowest BCUT2D eigenvalue weighted by molar-refractivity contribution is 0.0996. The fourth-order valence-corrected chi connectivity index (χ4v) is 2.31. The van der Waals surface area contributed by atoms with Crippen LogP contribution in [0.15, 0.2) is 35.4 Å². The van der Waals surface area contributed by atoms with Crippen LogP contribution in [0.3, 0.4) is 0 Å². The van der Waals surface area contributed by atoms with Crippen molar-refractivity contribution in [2.24, 2.45) is 10.9 Å². The Hall–Kier alpha value is -2.39. The van der Waals surface area contributed by atoms with E-state index in [4.69, 9.17) is 16.6 Å². The van der Waals surface area contributed by atoms with E-state index in [1.54, 1.807) is 6.07 Å². The van der Waals surface area contributed by atoms with Crippen LogP contribution in [-0.2, 0) is 10.0 Å². The summed E-state index contributed by atoms with van der Waals surface area (Å²) in [6, 6.07) is 5.93. The van der Waals surface area contributed by atoms with Gasteiger partial charge in [-0.2, -0.15) is 5.10 Å². The first kappa shape index (κ1) is 13.1. The summed E-state index contributed by atoms with van der Waals surface area (Å²) in [5.74, 6) is -0.802. The van der Waals surface area contributed by atoms with Gasteiger partial charge >= 0.3 is 0 Å². The Balaban J connectivity index is 2.67. The normalized spacial score (nSPS) is 11.4. The number of primary amides is 1. The van der Waals surface area contributed by atoms with Crippen molar-refractivity contribution >= 4 is 21.6 Å². The summed E-state index contributed by atoms with van der Waals surface area (Å²) >= 11 is 0. The van der Waals surface area contributed by atoms with E-state index in [2.05, 4.69) is 5.10 Å². The minimum absolute atomic E-state index is 0.0525. The van der Waals surface area contributed by atoms with Crippen molar-refractivity contribution in [2.45, 2.75) is 4.90 Å². The minimum atomic E-state index is -3.92. The van der Waals surface area contributed by atoms with Crippen molar-refractivity contribution in [1.82, 2.24) is 9.78 Å². The number of hydrogen-bond acceptors (Lipinski definition) is 5. The van der Waals surface area contributed by atoms with Crippen molar-refractivity contribution in [3.05, 3.63) is 36.2 Å². The van der Waals surface area contributed by atoms with E-state index in [0.29, 0.717) is 0 Å². The number of amides is 1. The maximum atomic E-state index is 11.5. The average Bonchev–Trinajstić information content (AvgIpc) is 2.70. The molecule has 1 aromatic heterocycles. The smallest absolute Gasteiger partial charge is 0.271 e. The highest BCUT2D eigenvalue weighted by Gasteiger charge is 2.18. The number of primary sulfonamides is 1. The van der Waals surface area contributed by atoms with Gasteiger partial charge in [0.2, 0.25) is 10.0 Å². The van der Waals surface area contributed by atoms with Gasteiger partial charge in [0.25, 0.3) is 5.91 Å². The maximum absolute atomic E-state index is 11.5. The van der Waals surface area contributed by atoms with Crippen LogP contribution in [0.4, 0.5) is 5.69 Å². The van der Waals surface area contributed by atoms with Gasteiger partial charge in [-0.25, -0.2) is 18.2 Å². The molecule has 0 fully saturated rings. The molecule has 0 aliphatic carbocycles. The molecule has 1 heterocycles. The maximum Gasteiger partial charge on any atom is 0.271 e. The van der Waals surface area contributed by atoms with E-state index in [1.165, 1.54) is 24.4 Å². The first-order valence-electron chi connectivity index (χ1n) is 5.08. The highest BCUT2D eigenvalue weighted by molar-refractivity contribution is 7.89. The number of aromatic nitrogens is 2. The van der Waals surface area contributed by atoms with Crippen LogP contribution in [0.25, 0.3) is 5.69 Å². The zero-order valence-electron chi connectivity index (χ0n) is 9.65. The zero-order valence-corrected chi connectivity index (χ0v) is 10.5. The van der Waals surface area contributed by atoms with Crippen molar-refractivity contribution in [3.8, 4) is 5.69 Å².